The molecule has 0 aliphatic heterocycles. The van der Waals surface area contributed by atoms with Gasteiger partial charge in [-0.3, -0.25) is 14.9 Å². The van der Waals surface area contributed by atoms with Crippen molar-refractivity contribution in [2.24, 2.45) is 17.8 Å². The van der Waals surface area contributed by atoms with Gasteiger partial charge in [0.15, 0.2) is 0 Å². The fraction of sp³-hybridized carbons (Fsp3) is 0.471. The van der Waals surface area contributed by atoms with Crippen LogP contribution in [0.3, 0.4) is 0 Å². The number of ketones is 1. The van der Waals surface area contributed by atoms with E-state index in [9.17, 15) is 14.9 Å². The van der Waals surface area contributed by atoms with Crippen LogP contribution < -0.4 is 0 Å². The predicted molar refractivity (Wildman–Crippen MR) is 80.3 cm³/mol. The molecule has 0 unspecified atom stereocenters. The zero-order chi connectivity index (χ0) is 15.0. The van der Waals surface area contributed by atoms with E-state index in [0.29, 0.717) is 6.42 Å². The van der Waals surface area contributed by atoms with E-state index < -0.39 is 6.04 Å². The highest BCUT2D eigenvalue weighted by Crippen LogP contribution is 2.45. The van der Waals surface area contributed by atoms with Crippen LogP contribution in [0.1, 0.15) is 30.4 Å². The Kier molecular flexibility index (Phi) is 3.62. The van der Waals surface area contributed by atoms with E-state index in [1.165, 1.54) is 5.56 Å². The lowest BCUT2D eigenvalue weighted by atomic mass is 9.61. The molecule has 0 amide bonds. The van der Waals surface area contributed by atoms with Gasteiger partial charge in [-0.05, 0) is 25.3 Å². The molecule has 21 heavy (non-hydrogen) atoms. The second kappa shape index (κ2) is 5.43. The van der Waals surface area contributed by atoms with Gasteiger partial charge < -0.3 is 0 Å². The molecule has 3 aliphatic carbocycles. The number of benzene rings is 1. The summed E-state index contributed by atoms with van der Waals surface area (Å²) in [6, 6.07) is 7.43. The van der Waals surface area contributed by atoms with Crippen molar-refractivity contribution in [3.8, 4) is 0 Å². The van der Waals surface area contributed by atoms with Gasteiger partial charge in [-0.25, -0.2) is 0 Å². The van der Waals surface area contributed by atoms with E-state index >= 15 is 0 Å². The maximum atomic E-state index is 12.0. The van der Waals surface area contributed by atoms with E-state index in [1.54, 1.807) is 0 Å². The van der Waals surface area contributed by atoms with Crippen LogP contribution in [0.5, 0.6) is 0 Å². The van der Waals surface area contributed by atoms with E-state index in [0.717, 1.165) is 18.4 Å². The summed E-state index contributed by atoms with van der Waals surface area (Å²) in [6.07, 6.45) is 5.83. The number of carbonyl (C=O) groups excluding carboxylic acids is 1. The first-order valence-corrected chi connectivity index (χ1v) is 7.47. The zero-order valence-corrected chi connectivity index (χ0v) is 12.1. The van der Waals surface area contributed by atoms with Crippen molar-refractivity contribution in [3.63, 3.8) is 0 Å². The number of aryl methyl sites for hydroxylation is 1. The summed E-state index contributed by atoms with van der Waals surface area (Å²) in [4.78, 5) is 23.2. The van der Waals surface area contributed by atoms with Crippen LogP contribution in [0.2, 0.25) is 0 Å². The van der Waals surface area contributed by atoms with Crippen LogP contribution >= 0.6 is 0 Å². The van der Waals surface area contributed by atoms with Crippen LogP contribution in [0.25, 0.3) is 6.08 Å². The molecule has 4 heteroatoms. The molecular formula is C17H19NO3. The van der Waals surface area contributed by atoms with Gasteiger partial charge in [0.2, 0.25) is 6.04 Å². The third kappa shape index (κ3) is 2.62. The molecule has 0 saturated heterocycles. The average Bonchev–Trinajstić information content (AvgIpc) is 2.46. The molecular weight excluding hydrogens is 266 g/mol. The molecule has 1 aromatic carbocycles. The topological polar surface area (TPSA) is 60.2 Å². The van der Waals surface area contributed by atoms with Crippen LogP contribution in [0, 0.1) is 34.8 Å². The maximum Gasteiger partial charge on any atom is 0.223 e. The van der Waals surface area contributed by atoms with Crippen LogP contribution in [0.4, 0.5) is 0 Å². The largest absolute Gasteiger partial charge is 0.299 e. The third-order valence-electron chi connectivity index (χ3n) is 4.90. The first-order valence-electron chi connectivity index (χ1n) is 7.47. The summed E-state index contributed by atoms with van der Waals surface area (Å²) in [5, 5.41) is 11.4. The molecule has 3 aliphatic rings. The lowest BCUT2D eigenvalue weighted by Crippen LogP contribution is -2.51. The highest BCUT2D eigenvalue weighted by molar-refractivity contribution is 5.84. The fourth-order valence-corrected chi connectivity index (χ4v) is 3.78. The summed E-state index contributed by atoms with van der Waals surface area (Å²) in [5.41, 5.74) is 2.21. The highest BCUT2D eigenvalue weighted by Gasteiger charge is 2.53. The summed E-state index contributed by atoms with van der Waals surface area (Å²) < 4.78 is 0. The van der Waals surface area contributed by atoms with Gasteiger partial charge in [-0.2, -0.15) is 0 Å². The van der Waals surface area contributed by atoms with Gasteiger partial charge in [-0.15, -0.1) is 0 Å². The molecule has 0 N–H and O–H groups in total. The Balaban J connectivity index is 1.85. The number of carbonyl (C=O) groups is 1. The van der Waals surface area contributed by atoms with Crippen LogP contribution in [-0.4, -0.2) is 16.7 Å². The third-order valence-corrected chi connectivity index (χ3v) is 4.90. The van der Waals surface area contributed by atoms with Gasteiger partial charge in [0.05, 0.1) is 5.92 Å². The smallest absolute Gasteiger partial charge is 0.223 e. The molecule has 4 rings (SSSR count). The van der Waals surface area contributed by atoms with Gasteiger partial charge in [0, 0.05) is 23.2 Å². The molecule has 4 atom stereocenters. The van der Waals surface area contributed by atoms with Crippen molar-refractivity contribution in [2.45, 2.75) is 32.2 Å². The zero-order valence-electron chi connectivity index (χ0n) is 12.1. The molecule has 110 valence electrons. The molecule has 1 aromatic rings. The Morgan fingerprint density at radius 2 is 1.95 bits per heavy atom. The van der Waals surface area contributed by atoms with Crippen molar-refractivity contribution < 1.29 is 9.72 Å². The monoisotopic (exact) mass is 285 g/mol. The molecule has 4 nitrogen and oxygen atoms in total. The number of Topliss-reactive ketones (excluding diaryl/α,β-unsaturated/α-hetero) is 1. The number of rotatable bonds is 3. The molecule has 0 spiro atoms. The van der Waals surface area contributed by atoms with Gasteiger partial charge in [0.25, 0.3) is 0 Å². The molecule has 0 radical (unpaired) electrons. The minimum atomic E-state index is -0.594. The minimum absolute atomic E-state index is 0.0785. The van der Waals surface area contributed by atoms with Gasteiger partial charge >= 0.3 is 0 Å². The number of nitro groups is 1. The van der Waals surface area contributed by atoms with Crippen molar-refractivity contribution in [3.05, 3.63) is 51.6 Å². The summed E-state index contributed by atoms with van der Waals surface area (Å²) in [5.74, 6) is -0.276. The quantitative estimate of drug-likeness (QED) is 0.632. The van der Waals surface area contributed by atoms with E-state index in [1.807, 2.05) is 43.3 Å². The summed E-state index contributed by atoms with van der Waals surface area (Å²) in [7, 11) is 0. The molecule has 3 fully saturated rings. The van der Waals surface area contributed by atoms with Crippen molar-refractivity contribution in [1.82, 2.24) is 0 Å². The molecule has 2 bridgehead atoms. The van der Waals surface area contributed by atoms with E-state index in [4.69, 9.17) is 0 Å². The average molecular weight is 285 g/mol. The predicted octanol–water partition coefficient (Wildman–Crippen LogP) is 3.27. The molecule has 3 saturated carbocycles. The number of fused-ring (bicyclic) bond motifs is 3. The Morgan fingerprint density at radius 3 is 2.57 bits per heavy atom. The SMILES string of the molecule is Cc1ccc(C=C[C@H]2[C@@H]([N+](=O)[O-])[C@H]3CC[C@@H]2C(=O)C3)cc1. The number of nitrogens with zero attached hydrogens (tertiary/aromatic N) is 1. The van der Waals surface area contributed by atoms with Crippen molar-refractivity contribution in [2.75, 3.05) is 0 Å². The highest BCUT2D eigenvalue weighted by atomic mass is 16.6. The standard InChI is InChI=1S/C17H19NO3/c1-11-2-4-12(5-3-11)6-8-15-14-9-7-13(10-16(14)19)17(15)18(20)21/h2-6,8,13-15,17H,7,9-10H2,1H3/t13-,14-,15+,17-/m0/s1. The lowest BCUT2D eigenvalue weighted by Gasteiger charge is -2.41. The van der Waals surface area contributed by atoms with Crippen LogP contribution in [-0.2, 0) is 4.79 Å². The van der Waals surface area contributed by atoms with Crippen LogP contribution in [0.15, 0.2) is 30.3 Å². The Labute approximate surface area is 124 Å². The maximum absolute atomic E-state index is 12.0. The Morgan fingerprint density at radius 1 is 1.24 bits per heavy atom. The van der Waals surface area contributed by atoms with E-state index in [-0.39, 0.29) is 28.5 Å². The first-order chi connectivity index (χ1) is 10.1. The van der Waals surface area contributed by atoms with Crippen molar-refractivity contribution >= 4 is 11.9 Å². The summed E-state index contributed by atoms with van der Waals surface area (Å²) >= 11 is 0. The van der Waals surface area contributed by atoms with E-state index in [2.05, 4.69) is 0 Å². The fourth-order valence-electron chi connectivity index (χ4n) is 3.78. The lowest BCUT2D eigenvalue weighted by molar-refractivity contribution is -0.545. The number of hydrogen-bond acceptors (Lipinski definition) is 3. The second-order valence-electron chi connectivity index (χ2n) is 6.24. The molecule has 0 aromatic heterocycles. The minimum Gasteiger partial charge on any atom is -0.299 e. The van der Waals surface area contributed by atoms with Gasteiger partial charge in [0.1, 0.15) is 5.78 Å². The van der Waals surface area contributed by atoms with Crippen molar-refractivity contribution in [1.29, 1.82) is 0 Å². The number of hydrogen-bond donors (Lipinski definition) is 0. The Bertz CT molecular complexity index is 591. The Hall–Kier alpha value is -1.97. The van der Waals surface area contributed by atoms with Gasteiger partial charge in [-0.1, -0.05) is 42.0 Å². The normalized spacial score (nSPS) is 31.8. The second-order valence-corrected chi connectivity index (χ2v) is 6.24. The first kappa shape index (κ1) is 14.0. The summed E-state index contributed by atoms with van der Waals surface area (Å²) in [6.45, 7) is 2.02. The molecule has 0 heterocycles.